The number of nitrogens with zero attached hydrogens (tertiary/aromatic N) is 3. The molecule has 1 fully saturated rings. The third-order valence-corrected chi connectivity index (χ3v) is 4.20. The Bertz CT molecular complexity index is 618. The Morgan fingerprint density at radius 3 is 3.05 bits per heavy atom. The van der Waals surface area contributed by atoms with Crippen molar-refractivity contribution < 1.29 is 14.1 Å². The van der Waals surface area contributed by atoms with Gasteiger partial charge in [-0.2, -0.15) is 4.98 Å². The van der Waals surface area contributed by atoms with E-state index in [0.29, 0.717) is 32.0 Å². The number of morpholine rings is 1. The van der Waals surface area contributed by atoms with Gasteiger partial charge in [0.25, 0.3) is 0 Å². The minimum Gasteiger partial charge on any atom is -0.377 e. The minimum absolute atomic E-state index is 0.0278. The number of ether oxygens (including phenoxy) is 1. The van der Waals surface area contributed by atoms with Gasteiger partial charge in [-0.1, -0.05) is 39.3 Å². The summed E-state index contributed by atoms with van der Waals surface area (Å²) in [6.07, 6.45) is 1.59. The van der Waals surface area contributed by atoms with Crippen LogP contribution in [0, 0.1) is 0 Å². The van der Waals surface area contributed by atoms with Gasteiger partial charge in [0.05, 0.1) is 19.6 Å². The SMILES string of the molecule is O=C(Cc1ccccc1Br)N1CCOCC1c1ncon1. The van der Waals surface area contributed by atoms with Crippen LogP contribution >= 0.6 is 15.9 Å². The van der Waals surface area contributed by atoms with Crippen LogP contribution in [0.15, 0.2) is 39.7 Å². The number of hydrogen-bond acceptors (Lipinski definition) is 5. The third-order valence-electron chi connectivity index (χ3n) is 3.42. The monoisotopic (exact) mass is 351 g/mol. The van der Waals surface area contributed by atoms with Crippen molar-refractivity contribution in [1.82, 2.24) is 15.0 Å². The zero-order valence-corrected chi connectivity index (χ0v) is 12.8. The molecule has 1 aliphatic heterocycles. The second kappa shape index (κ2) is 6.36. The van der Waals surface area contributed by atoms with E-state index in [9.17, 15) is 4.79 Å². The highest BCUT2D eigenvalue weighted by Crippen LogP contribution is 2.24. The zero-order valence-electron chi connectivity index (χ0n) is 11.2. The van der Waals surface area contributed by atoms with Gasteiger partial charge in [-0.05, 0) is 11.6 Å². The van der Waals surface area contributed by atoms with Crippen LogP contribution < -0.4 is 0 Å². The fraction of sp³-hybridized carbons (Fsp3) is 0.357. The summed E-state index contributed by atoms with van der Waals surface area (Å²) in [6, 6.07) is 7.43. The van der Waals surface area contributed by atoms with E-state index in [1.165, 1.54) is 6.39 Å². The van der Waals surface area contributed by atoms with Crippen LogP contribution in [0.1, 0.15) is 17.4 Å². The van der Waals surface area contributed by atoms with Gasteiger partial charge in [-0.25, -0.2) is 0 Å². The number of hydrogen-bond donors (Lipinski definition) is 0. The predicted molar refractivity (Wildman–Crippen MR) is 77.4 cm³/mol. The lowest BCUT2D eigenvalue weighted by molar-refractivity contribution is -0.139. The summed E-state index contributed by atoms with van der Waals surface area (Å²) in [4.78, 5) is 18.4. The molecule has 1 saturated heterocycles. The van der Waals surface area contributed by atoms with Gasteiger partial charge in [0.2, 0.25) is 12.3 Å². The highest BCUT2D eigenvalue weighted by atomic mass is 79.9. The van der Waals surface area contributed by atoms with Gasteiger partial charge in [0, 0.05) is 11.0 Å². The molecule has 1 atom stereocenters. The van der Waals surface area contributed by atoms with Crippen molar-refractivity contribution >= 4 is 21.8 Å². The number of carbonyl (C=O) groups is 1. The molecule has 1 unspecified atom stereocenters. The van der Waals surface area contributed by atoms with Crippen molar-refractivity contribution in [2.24, 2.45) is 0 Å². The molecule has 1 aromatic carbocycles. The normalized spacial score (nSPS) is 18.7. The quantitative estimate of drug-likeness (QED) is 0.845. The average molecular weight is 352 g/mol. The molecule has 6 nitrogen and oxygen atoms in total. The first-order valence-corrected chi connectivity index (χ1v) is 7.42. The van der Waals surface area contributed by atoms with E-state index in [1.54, 1.807) is 4.90 Å². The van der Waals surface area contributed by atoms with Crippen molar-refractivity contribution in [2.75, 3.05) is 19.8 Å². The fourth-order valence-corrected chi connectivity index (χ4v) is 2.77. The first kappa shape index (κ1) is 14.2. The molecule has 0 radical (unpaired) electrons. The maximum Gasteiger partial charge on any atom is 0.227 e. The summed E-state index contributed by atoms with van der Waals surface area (Å²) in [6.45, 7) is 1.44. The molecule has 110 valence electrons. The molecule has 2 aromatic rings. The van der Waals surface area contributed by atoms with Gasteiger partial charge in [-0.3, -0.25) is 4.79 Å². The van der Waals surface area contributed by atoms with Crippen molar-refractivity contribution in [3.8, 4) is 0 Å². The maximum atomic E-state index is 12.6. The molecule has 0 bridgehead atoms. The number of rotatable bonds is 3. The van der Waals surface area contributed by atoms with Crippen molar-refractivity contribution in [3.63, 3.8) is 0 Å². The predicted octanol–water partition coefficient (Wildman–Crippen LogP) is 1.97. The average Bonchev–Trinajstić information content (AvgIpc) is 3.04. The molecule has 1 amide bonds. The van der Waals surface area contributed by atoms with Crippen LogP contribution in [0.4, 0.5) is 0 Å². The molecule has 3 rings (SSSR count). The molecule has 2 heterocycles. The van der Waals surface area contributed by atoms with Crippen molar-refractivity contribution in [1.29, 1.82) is 0 Å². The Morgan fingerprint density at radius 1 is 1.43 bits per heavy atom. The van der Waals surface area contributed by atoms with Gasteiger partial charge in [0.15, 0.2) is 5.82 Å². The molecule has 0 spiro atoms. The van der Waals surface area contributed by atoms with E-state index in [4.69, 9.17) is 9.26 Å². The zero-order chi connectivity index (χ0) is 14.7. The molecule has 21 heavy (non-hydrogen) atoms. The summed E-state index contributed by atoms with van der Waals surface area (Å²) in [7, 11) is 0. The van der Waals surface area contributed by atoms with Crippen molar-refractivity contribution in [3.05, 3.63) is 46.5 Å². The standard InChI is InChI=1S/C14H14BrN3O3/c15-11-4-2-1-3-10(11)7-13(19)18-5-6-20-8-12(18)14-16-9-21-17-14/h1-4,9,12H,5-8H2. The maximum absolute atomic E-state index is 12.6. The van der Waals surface area contributed by atoms with E-state index in [2.05, 4.69) is 26.1 Å². The summed E-state index contributed by atoms with van der Waals surface area (Å²) in [5.41, 5.74) is 0.959. The Kier molecular flexibility index (Phi) is 4.31. The second-order valence-electron chi connectivity index (χ2n) is 4.74. The fourth-order valence-electron chi connectivity index (χ4n) is 2.35. The van der Waals surface area contributed by atoms with Crippen molar-refractivity contribution in [2.45, 2.75) is 12.5 Å². The second-order valence-corrected chi connectivity index (χ2v) is 5.59. The Balaban J connectivity index is 1.77. The van der Waals surface area contributed by atoms with Crippen LogP contribution in [0.25, 0.3) is 0 Å². The van der Waals surface area contributed by atoms with E-state index in [0.717, 1.165) is 10.0 Å². The number of carbonyl (C=O) groups excluding carboxylic acids is 1. The Hall–Kier alpha value is -1.73. The smallest absolute Gasteiger partial charge is 0.227 e. The van der Waals surface area contributed by atoms with Gasteiger partial charge < -0.3 is 14.2 Å². The molecule has 1 aromatic heterocycles. The number of benzene rings is 1. The highest BCUT2D eigenvalue weighted by molar-refractivity contribution is 9.10. The lowest BCUT2D eigenvalue weighted by atomic mass is 10.1. The summed E-state index contributed by atoms with van der Waals surface area (Å²) >= 11 is 3.47. The first-order valence-electron chi connectivity index (χ1n) is 6.62. The molecule has 0 N–H and O–H groups in total. The summed E-state index contributed by atoms with van der Waals surface area (Å²) in [5, 5.41) is 3.83. The highest BCUT2D eigenvalue weighted by Gasteiger charge is 2.31. The molecule has 7 heteroatoms. The van der Waals surface area contributed by atoms with Crippen LogP contribution in [-0.4, -0.2) is 40.7 Å². The summed E-state index contributed by atoms with van der Waals surface area (Å²) < 4.78 is 11.1. The van der Waals surface area contributed by atoms with E-state index in [-0.39, 0.29) is 11.9 Å². The topological polar surface area (TPSA) is 68.5 Å². The Labute approximate surface area is 130 Å². The molecule has 0 aliphatic carbocycles. The molecular formula is C14H14BrN3O3. The Morgan fingerprint density at radius 2 is 2.29 bits per heavy atom. The number of amides is 1. The van der Waals surface area contributed by atoms with E-state index < -0.39 is 0 Å². The third kappa shape index (κ3) is 3.14. The van der Waals surface area contributed by atoms with Crippen LogP contribution in [0.5, 0.6) is 0 Å². The molecule has 1 aliphatic rings. The van der Waals surface area contributed by atoms with Crippen LogP contribution in [-0.2, 0) is 16.0 Å². The number of halogens is 1. The van der Waals surface area contributed by atoms with Gasteiger partial charge >= 0.3 is 0 Å². The minimum atomic E-state index is -0.285. The van der Waals surface area contributed by atoms with Gasteiger partial charge in [0.1, 0.15) is 6.04 Å². The lowest BCUT2D eigenvalue weighted by Gasteiger charge is -2.33. The van der Waals surface area contributed by atoms with Crippen LogP contribution in [0.3, 0.4) is 0 Å². The largest absolute Gasteiger partial charge is 0.377 e. The van der Waals surface area contributed by atoms with E-state index >= 15 is 0 Å². The van der Waals surface area contributed by atoms with E-state index in [1.807, 2.05) is 24.3 Å². The van der Waals surface area contributed by atoms with Crippen LogP contribution in [0.2, 0.25) is 0 Å². The molecule has 0 saturated carbocycles. The summed E-state index contributed by atoms with van der Waals surface area (Å²) in [5.74, 6) is 0.509. The first-order chi connectivity index (χ1) is 10.3. The molecular weight excluding hydrogens is 338 g/mol. The van der Waals surface area contributed by atoms with Gasteiger partial charge in [-0.15, -0.1) is 0 Å². The lowest BCUT2D eigenvalue weighted by Crippen LogP contribution is -2.44. The number of aromatic nitrogens is 2.